The van der Waals surface area contributed by atoms with Crippen LogP contribution in [-0.4, -0.2) is 47.0 Å². The minimum Gasteiger partial charge on any atom is -0.464 e. The van der Waals surface area contributed by atoms with Gasteiger partial charge in [0.05, 0.1) is 12.8 Å². The Morgan fingerprint density at radius 2 is 2.08 bits per heavy atom. The van der Waals surface area contributed by atoms with Crippen molar-refractivity contribution in [3.8, 4) is 0 Å². The molecule has 2 heterocycles. The fraction of sp³-hybridized carbons (Fsp3) is 0.500. The average Bonchev–Trinajstić information content (AvgIpc) is 2.90. The summed E-state index contributed by atoms with van der Waals surface area (Å²) in [4.78, 5) is 41.3. The van der Waals surface area contributed by atoms with Crippen LogP contribution in [0.5, 0.6) is 0 Å². The van der Waals surface area contributed by atoms with Gasteiger partial charge in [-0.1, -0.05) is 0 Å². The lowest BCUT2D eigenvalue weighted by molar-refractivity contribution is 0.0322. The second kappa shape index (κ2) is 4.74. The molecule has 1 amide bonds. The molecule has 0 bridgehead atoms. The fourth-order valence-electron chi connectivity index (χ4n) is 4.00. The summed E-state index contributed by atoms with van der Waals surface area (Å²) in [6.07, 6.45) is 1.92. The van der Waals surface area contributed by atoms with E-state index in [9.17, 15) is 14.4 Å². The molecule has 1 N–H and O–H groups in total. The summed E-state index contributed by atoms with van der Waals surface area (Å²) in [6, 6.07) is 1.69. The molecule has 25 heavy (non-hydrogen) atoms. The van der Waals surface area contributed by atoms with Gasteiger partial charge in [-0.05, 0) is 44.7 Å². The van der Waals surface area contributed by atoms with Crippen molar-refractivity contribution in [2.45, 2.75) is 38.2 Å². The Hall–Kier alpha value is -2.57. The fourth-order valence-corrected chi connectivity index (χ4v) is 4.00. The van der Waals surface area contributed by atoms with Crippen molar-refractivity contribution in [3.63, 3.8) is 0 Å². The van der Waals surface area contributed by atoms with Crippen molar-refractivity contribution in [1.82, 2.24) is 9.88 Å². The van der Waals surface area contributed by atoms with Gasteiger partial charge < -0.3 is 14.5 Å². The second-order valence-electron chi connectivity index (χ2n) is 7.82. The van der Waals surface area contributed by atoms with E-state index in [4.69, 9.17) is 9.47 Å². The standard InChI is InChI=1S/C18H20N2O5/c1-17(2,3)25-16(23)20-8-9-7-18(9)10-5-11(15(22)24-4)19-14(10)12(21)6-13(18)20/h5-6,9,19H,7-8H2,1-4H3/t9-,18-/m0/s1. The van der Waals surface area contributed by atoms with Crippen LogP contribution in [0.3, 0.4) is 0 Å². The Bertz CT molecular complexity index is 844. The zero-order valence-corrected chi connectivity index (χ0v) is 14.6. The summed E-state index contributed by atoms with van der Waals surface area (Å²) < 4.78 is 10.2. The van der Waals surface area contributed by atoms with Gasteiger partial charge in [0.2, 0.25) is 5.78 Å². The van der Waals surface area contributed by atoms with E-state index >= 15 is 0 Å². The number of aromatic nitrogens is 1. The first-order valence-corrected chi connectivity index (χ1v) is 8.26. The van der Waals surface area contributed by atoms with Gasteiger partial charge >= 0.3 is 12.1 Å². The highest BCUT2D eigenvalue weighted by Crippen LogP contribution is 2.66. The number of carbonyl (C=O) groups is 3. The first kappa shape index (κ1) is 15.9. The maximum atomic E-state index is 12.5. The zero-order chi connectivity index (χ0) is 18.1. The first-order valence-electron chi connectivity index (χ1n) is 8.26. The highest BCUT2D eigenvalue weighted by atomic mass is 16.6. The molecule has 2 fully saturated rings. The van der Waals surface area contributed by atoms with Crippen molar-refractivity contribution >= 4 is 17.8 Å². The molecule has 1 saturated heterocycles. The molecular weight excluding hydrogens is 324 g/mol. The molecule has 1 aliphatic heterocycles. The third kappa shape index (κ3) is 2.14. The van der Waals surface area contributed by atoms with E-state index in [0.29, 0.717) is 17.9 Å². The molecule has 2 atom stereocenters. The Kier molecular flexibility index (Phi) is 3.02. The Labute approximate surface area is 145 Å². The molecule has 3 aliphatic rings. The molecule has 2 aliphatic carbocycles. The van der Waals surface area contributed by atoms with Gasteiger partial charge in [-0.15, -0.1) is 0 Å². The number of nitrogens with one attached hydrogen (secondary N) is 1. The zero-order valence-electron chi connectivity index (χ0n) is 14.6. The minimum atomic E-state index is -0.604. The van der Waals surface area contributed by atoms with E-state index in [1.54, 1.807) is 11.0 Å². The number of esters is 1. The van der Waals surface area contributed by atoms with Gasteiger partial charge in [0.1, 0.15) is 11.3 Å². The van der Waals surface area contributed by atoms with E-state index in [0.717, 1.165) is 12.0 Å². The van der Waals surface area contributed by atoms with E-state index < -0.39 is 17.7 Å². The topological polar surface area (TPSA) is 88.7 Å². The van der Waals surface area contributed by atoms with Crippen LogP contribution in [0.1, 0.15) is 53.7 Å². The van der Waals surface area contributed by atoms with E-state index in [2.05, 4.69) is 4.98 Å². The quantitative estimate of drug-likeness (QED) is 0.790. The summed E-state index contributed by atoms with van der Waals surface area (Å²) >= 11 is 0. The van der Waals surface area contributed by atoms with Crippen molar-refractivity contribution in [2.24, 2.45) is 5.92 Å². The molecule has 4 rings (SSSR count). The highest BCUT2D eigenvalue weighted by Gasteiger charge is 2.68. The number of amides is 1. The summed E-state index contributed by atoms with van der Waals surface area (Å²) in [5.74, 6) is -0.523. The number of carbonyl (C=O) groups excluding carboxylic acids is 3. The number of hydrogen-bond acceptors (Lipinski definition) is 5. The van der Waals surface area contributed by atoms with Gasteiger partial charge in [-0.3, -0.25) is 9.69 Å². The lowest BCUT2D eigenvalue weighted by Gasteiger charge is -2.30. The van der Waals surface area contributed by atoms with Crippen LogP contribution in [0.2, 0.25) is 0 Å². The molecule has 7 nitrogen and oxygen atoms in total. The van der Waals surface area contributed by atoms with Crippen LogP contribution in [0.4, 0.5) is 4.79 Å². The molecule has 0 radical (unpaired) electrons. The number of piperidine rings is 1. The van der Waals surface area contributed by atoms with Gasteiger partial charge in [-0.2, -0.15) is 0 Å². The molecule has 0 aromatic carbocycles. The molecule has 7 heteroatoms. The molecule has 1 spiro atoms. The van der Waals surface area contributed by atoms with E-state index in [1.807, 2.05) is 20.8 Å². The number of fused-ring (bicyclic) bond motifs is 1. The van der Waals surface area contributed by atoms with Crippen LogP contribution in [0.15, 0.2) is 17.8 Å². The van der Waals surface area contributed by atoms with Crippen LogP contribution < -0.4 is 0 Å². The van der Waals surface area contributed by atoms with Crippen molar-refractivity contribution in [3.05, 3.63) is 34.8 Å². The highest BCUT2D eigenvalue weighted by molar-refractivity contribution is 6.09. The Morgan fingerprint density at radius 1 is 1.36 bits per heavy atom. The van der Waals surface area contributed by atoms with Crippen LogP contribution >= 0.6 is 0 Å². The Balaban J connectivity index is 1.72. The first-order chi connectivity index (χ1) is 11.7. The Morgan fingerprint density at radius 3 is 2.72 bits per heavy atom. The molecule has 132 valence electrons. The average molecular weight is 344 g/mol. The van der Waals surface area contributed by atoms with Crippen molar-refractivity contribution < 1.29 is 23.9 Å². The van der Waals surface area contributed by atoms with Crippen LogP contribution in [0, 0.1) is 5.92 Å². The molecule has 1 aromatic rings. The largest absolute Gasteiger partial charge is 0.464 e. The third-order valence-electron chi connectivity index (χ3n) is 5.09. The SMILES string of the molecule is COC(=O)c1cc2c([nH]1)C(=O)C=C1N(C(=O)OC(C)(C)C)C[C@@H]3C[C@@]123. The lowest BCUT2D eigenvalue weighted by Crippen LogP contribution is -2.37. The summed E-state index contributed by atoms with van der Waals surface area (Å²) in [7, 11) is 1.30. The molecule has 0 unspecified atom stereocenters. The number of methoxy groups -OCH3 is 1. The number of H-pyrrole nitrogens is 1. The van der Waals surface area contributed by atoms with E-state index in [-0.39, 0.29) is 22.8 Å². The van der Waals surface area contributed by atoms with Crippen LogP contribution in [-0.2, 0) is 14.9 Å². The normalized spacial score (nSPS) is 26.4. The van der Waals surface area contributed by atoms with E-state index in [1.165, 1.54) is 13.2 Å². The third-order valence-corrected chi connectivity index (χ3v) is 5.09. The predicted octanol–water partition coefficient (Wildman–Crippen LogP) is 2.39. The van der Waals surface area contributed by atoms with Gasteiger partial charge in [0, 0.05) is 23.7 Å². The number of hydrogen-bond donors (Lipinski definition) is 1. The van der Waals surface area contributed by atoms with Gasteiger partial charge in [0.25, 0.3) is 0 Å². The number of ketones is 1. The monoisotopic (exact) mass is 344 g/mol. The summed E-state index contributed by atoms with van der Waals surface area (Å²) in [6.45, 7) is 5.95. The number of rotatable bonds is 1. The summed E-state index contributed by atoms with van der Waals surface area (Å²) in [5.41, 5.74) is 1.16. The number of allylic oxidation sites excluding steroid dienone is 2. The lowest BCUT2D eigenvalue weighted by atomic mass is 9.85. The number of nitrogens with zero attached hydrogens (tertiary/aromatic N) is 1. The number of likely N-dealkylation sites (tertiary alicyclic amines) is 1. The second-order valence-corrected chi connectivity index (χ2v) is 7.82. The number of ether oxygens (including phenoxy) is 2. The maximum Gasteiger partial charge on any atom is 0.414 e. The van der Waals surface area contributed by atoms with Gasteiger partial charge in [-0.25, -0.2) is 9.59 Å². The molecule has 1 saturated carbocycles. The van der Waals surface area contributed by atoms with Crippen molar-refractivity contribution in [2.75, 3.05) is 13.7 Å². The maximum absolute atomic E-state index is 12.5. The smallest absolute Gasteiger partial charge is 0.414 e. The minimum absolute atomic E-state index is 0.236. The summed E-state index contributed by atoms with van der Waals surface area (Å²) in [5, 5.41) is 0. The van der Waals surface area contributed by atoms with Gasteiger partial charge in [0.15, 0.2) is 0 Å². The molecular formula is C18H20N2O5. The van der Waals surface area contributed by atoms with Crippen LogP contribution in [0.25, 0.3) is 0 Å². The predicted molar refractivity (Wildman–Crippen MR) is 87.3 cm³/mol. The number of aromatic amines is 1. The molecule has 1 aromatic heterocycles. The van der Waals surface area contributed by atoms with Crippen molar-refractivity contribution in [1.29, 1.82) is 0 Å².